The Labute approximate surface area is 102 Å². The number of nitrogens with zero attached hydrogens (tertiary/aromatic N) is 1. The Bertz CT molecular complexity index is 321. The molecule has 1 aliphatic rings. The first-order chi connectivity index (χ1) is 7.90. The van der Waals surface area contributed by atoms with Crippen molar-refractivity contribution in [2.24, 2.45) is 0 Å². The van der Waals surface area contributed by atoms with E-state index in [0.717, 1.165) is 16.8 Å². The lowest BCUT2D eigenvalue weighted by Crippen LogP contribution is -2.08. The molecule has 0 amide bonds. The van der Waals surface area contributed by atoms with Crippen LogP contribution in [0.4, 0.5) is 5.82 Å². The molecule has 1 N–H and O–H groups in total. The smallest absolute Gasteiger partial charge is 0.129 e. The van der Waals surface area contributed by atoms with Gasteiger partial charge in [0.1, 0.15) is 5.82 Å². The topological polar surface area (TPSA) is 24.9 Å². The molecule has 1 fully saturated rings. The van der Waals surface area contributed by atoms with Gasteiger partial charge in [-0.2, -0.15) is 11.8 Å². The van der Waals surface area contributed by atoms with Crippen molar-refractivity contribution >= 4 is 17.6 Å². The highest BCUT2D eigenvalue weighted by molar-refractivity contribution is 7.99. The van der Waals surface area contributed by atoms with Gasteiger partial charge in [0, 0.05) is 29.8 Å². The molecule has 0 aromatic carbocycles. The van der Waals surface area contributed by atoms with Crippen molar-refractivity contribution in [2.75, 3.05) is 12.4 Å². The molecule has 88 valence electrons. The van der Waals surface area contributed by atoms with Crippen LogP contribution >= 0.6 is 11.8 Å². The molecule has 0 aliphatic heterocycles. The Kier molecular flexibility index (Phi) is 4.52. The lowest BCUT2D eigenvalue weighted by molar-refractivity contribution is 0.516. The van der Waals surface area contributed by atoms with E-state index in [2.05, 4.69) is 28.1 Å². The molecule has 0 saturated heterocycles. The molecule has 1 aliphatic carbocycles. The normalized spacial score (nSPS) is 17.3. The van der Waals surface area contributed by atoms with Gasteiger partial charge in [-0.05, 0) is 18.9 Å². The minimum atomic E-state index is 0.874. The number of hydrogen-bond acceptors (Lipinski definition) is 3. The number of nitrogens with one attached hydrogen (secondary N) is 1. The van der Waals surface area contributed by atoms with Crippen LogP contribution in [0.25, 0.3) is 0 Å². The molecule has 0 bridgehead atoms. The maximum absolute atomic E-state index is 4.34. The number of thioether (sulfide) groups is 1. The summed E-state index contributed by atoms with van der Waals surface area (Å²) in [5.74, 6) is 2.13. The second kappa shape index (κ2) is 6.14. The van der Waals surface area contributed by atoms with Gasteiger partial charge in [0.25, 0.3) is 0 Å². The molecule has 3 heteroatoms. The first-order valence-electron chi connectivity index (χ1n) is 6.13. The van der Waals surface area contributed by atoms with Crippen LogP contribution in [-0.4, -0.2) is 17.3 Å². The molecule has 1 saturated carbocycles. The average molecular weight is 236 g/mol. The molecule has 0 unspecified atom stereocenters. The number of rotatable bonds is 4. The minimum Gasteiger partial charge on any atom is -0.373 e. The maximum Gasteiger partial charge on any atom is 0.129 e. The highest BCUT2D eigenvalue weighted by Gasteiger charge is 2.14. The fourth-order valence-corrected chi connectivity index (χ4v) is 3.53. The van der Waals surface area contributed by atoms with Crippen molar-refractivity contribution in [3.8, 4) is 0 Å². The first-order valence-corrected chi connectivity index (χ1v) is 7.18. The third-order valence-electron chi connectivity index (χ3n) is 3.15. The van der Waals surface area contributed by atoms with E-state index in [0.29, 0.717) is 0 Å². The number of anilines is 1. The number of pyridine rings is 1. The van der Waals surface area contributed by atoms with Gasteiger partial charge >= 0.3 is 0 Å². The van der Waals surface area contributed by atoms with Crippen molar-refractivity contribution in [1.29, 1.82) is 0 Å². The molecule has 1 aromatic heterocycles. The Morgan fingerprint density at radius 3 is 2.94 bits per heavy atom. The molecule has 1 heterocycles. The van der Waals surface area contributed by atoms with Gasteiger partial charge in [-0.15, -0.1) is 0 Å². The fraction of sp³-hybridized carbons (Fsp3) is 0.615. The van der Waals surface area contributed by atoms with E-state index in [1.165, 1.54) is 37.7 Å². The van der Waals surface area contributed by atoms with Crippen molar-refractivity contribution in [1.82, 2.24) is 4.98 Å². The van der Waals surface area contributed by atoms with Gasteiger partial charge in [-0.1, -0.05) is 25.3 Å². The molecule has 0 radical (unpaired) electrons. The van der Waals surface area contributed by atoms with E-state index in [9.17, 15) is 0 Å². The summed E-state index contributed by atoms with van der Waals surface area (Å²) in [6, 6.07) is 4.20. The summed E-state index contributed by atoms with van der Waals surface area (Å²) in [6.45, 7) is 0. The van der Waals surface area contributed by atoms with Crippen molar-refractivity contribution in [2.45, 2.75) is 43.1 Å². The summed E-state index contributed by atoms with van der Waals surface area (Å²) < 4.78 is 0. The second-order valence-electron chi connectivity index (χ2n) is 4.33. The van der Waals surface area contributed by atoms with Gasteiger partial charge < -0.3 is 5.32 Å². The van der Waals surface area contributed by atoms with Crippen LogP contribution < -0.4 is 5.32 Å². The summed E-state index contributed by atoms with van der Waals surface area (Å²) in [5, 5.41) is 4.03. The monoisotopic (exact) mass is 236 g/mol. The van der Waals surface area contributed by atoms with E-state index in [1.54, 1.807) is 0 Å². The van der Waals surface area contributed by atoms with Gasteiger partial charge in [0.15, 0.2) is 0 Å². The quantitative estimate of drug-likeness (QED) is 0.863. The molecule has 0 atom stereocenters. The molecule has 1 aromatic rings. The predicted molar refractivity (Wildman–Crippen MR) is 72.0 cm³/mol. The van der Waals surface area contributed by atoms with Gasteiger partial charge in [0.2, 0.25) is 0 Å². The summed E-state index contributed by atoms with van der Waals surface area (Å²) in [5.41, 5.74) is 1.33. The van der Waals surface area contributed by atoms with Crippen LogP contribution in [0.15, 0.2) is 18.3 Å². The average Bonchev–Trinajstić information content (AvgIpc) is 2.38. The van der Waals surface area contributed by atoms with Gasteiger partial charge in [-0.25, -0.2) is 4.98 Å². The first kappa shape index (κ1) is 11.8. The second-order valence-corrected chi connectivity index (χ2v) is 5.62. The third kappa shape index (κ3) is 3.14. The summed E-state index contributed by atoms with van der Waals surface area (Å²) in [7, 11) is 1.94. The Morgan fingerprint density at radius 2 is 2.19 bits per heavy atom. The standard InChI is InChI=1S/C13H20N2S/c1-14-13-11(6-5-9-15-13)10-16-12-7-3-2-4-8-12/h5-6,9,12H,2-4,7-8,10H2,1H3,(H,14,15). The zero-order valence-electron chi connectivity index (χ0n) is 9.91. The highest BCUT2D eigenvalue weighted by Crippen LogP contribution is 2.31. The zero-order chi connectivity index (χ0) is 11.2. The third-order valence-corrected chi connectivity index (χ3v) is 4.58. The van der Waals surface area contributed by atoms with Crippen LogP contribution in [0.3, 0.4) is 0 Å². The Morgan fingerprint density at radius 1 is 1.38 bits per heavy atom. The Hall–Kier alpha value is -0.700. The van der Waals surface area contributed by atoms with Crippen LogP contribution in [-0.2, 0) is 5.75 Å². The zero-order valence-corrected chi connectivity index (χ0v) is 10.7. The lowest BCUT2D eigenvalue weighted by Gasteiger charge is -2.21. The number of aromatic nitrogens is 1. The molecular formula is C13H20N2S. The van der Waals surface area contributed by atoms with Gasteiger partial charge in [-0.3, -0.25) is 0 Å². The van der Waals surface area contributed by atoms with Crippen LogP contribution in [0.1, 0.15) is 37.7 Å². The van der Waals surface area contributed by atoms with E-state index >= 15 is 0 Å². The summed E-state index contributed by atoms with van der Waals surface area (Å²) >= 11 is 2.10. The van der Waals surface area contributed by atoms with Crippen LogP contribution in [0.2, 0.25) is 0 Å². The number of hydrogen-bond donors (Lipinski definition) is 1. The molecular weight excluding hydrogens is 216 g/mol. The highest BCUT2D eigenvalue weighted by atomic mass is 32.2. The molecule has 16 heavy (non-hydrogen) atoms. The fourth-order valence-electron chi connectivity index (χ4n) is 2.22. The molecule has 0 spiro atoms. The van der Waals surface area contributed by atoms with Crippen molar-refractivity contribution in [3.05, 3.63) is 23.9 Å². The van der Waals surface area contributed by atoms with Crippen molar-refractivity contribution in [3.63, 3.8) is 0 Å². The largest absolute Gasteiger partial charge is 0.373 e. The van der Waals surface area contributed by atoms with Crippen LogP contribution in [0, 0.1) is 0 Å². The lowest BCUT2D eigenvalue weighted by atomic mass is 10.0. The predicted octanol–water partition coefficient (Wildman–Crippen LogP) is 3.69. The Balaban J connectivity index is 1.88. The van der Waals surface area contributed by atoms with Crippen LogP contribution in [0.5, 0.6) is 0 Å². The van der Waals surface area contributed by atoms with Gasteiger partial charge in [0.05, 0.1) is 0 Å². The van der Waals surface area contributed by atoms with E-state index < -0.39 is 0 Å². The molecule has 2 rings (SSSR count). The van der Waals surface area contributed by atoms with E-state index in [-0.39, 0.29) is 0 Å². The van der Waals surface area contributed by atoms with Crippen molar-refractivity contribution < 1.29 is 0 Å². The SMILES string of the molecule is CNc1ncccc1CSC1CCCCC1. The summed E-state index contributed by atoms with van der Waals surface area (Å²) in [4.78, 5) is 4.34. The maximum atomic E-state index is 4.34. The minimum absolute atomic E-state index is 0.874. The van der Waals surface area contributed by atoms with E-state index in [4.69, 9.17) is 0 Å². The summed E-state index contributed by atoms with van der Waals surface area (Å²) in [6.07, 6.45) is 8.93. The van der Waals surface area contributed by atoms with E-state index in [1.807, 2.05) is 19.3 Å². The molecule has 2 nitrogen and oxygen atoms in total.